The second kappa shape index (κ2) is 5.66. The molecular weight excluding hydrogens is 310 g/mol. The molecule has 5 nitrogen and oxygen atoms in total. The van der Waals surface area contributed by atoms with E-state index in [9.17, 15) is 0 Å². The Labute approximate surface area is 139 Å². The molecule has 1 N–H and O–H groups in total. The molecule has 116 valence electrons. The number of halogens is 1. The number of benzene rings is 2. The Morgan fingerprint density at radius 2 is 2.00 bits per heavy atom. The number of aromatic nitrogens is 4. The van der Waals surface area contributed by atoms with Gasteiger partial charge < -0.3 is 5.32 Å². The van der Waals surface area contributed by atoms with Gasteiger partial charge in [0.05, 0.1) is 11.7 Å². The highest BCUT2D eigenvalue weighted by Crippen LogP contribution is 2.37. The van der Waals surface area contributed by atoms with Crippen molar-refractivity contribution in [2.75, 3.05) is 5.32 Å². The number of anilines is 1. The summed E-state index contributed by atoms with van der Waals surface area (Å²) in [5.41, 5.74) is 4.60. The van der Waals surface area contributed by atoms with Crippen LogP contribution in [-0.2, 0) is 6.42 Å². The molecule has 6 heteroatoms. The average molecular weight is 326 g/mol. The van der Waals surface area contributed by atoms with Gasteiger partial charge in [-0.25, -0.2) is 0 Å². The molecule has 0 radical (unpaired) electrons. The molecule has 0 bridgehead atoms. The number of rotatable bonds is 3. The van der Waals surface area contributed by atoms with Crippen molar-refractivity contribution in [2.24, 2.45) is 0 Å². The van der Waals surface area contributed by atoms with Crippen LogP contribution in [0.25, 0.3) is 5.69 Å². The minimum Gasteiger partial charge on any atom is -0.346 e. The number of fused-ring (bicyclic) bond motifs is 1. The zero-order valence-corrected chi connectivity index (χ0v) is 13.5. The third-order valence-corrected chi connectivity index (χ3v) is 4.62. The number of hydrogen-bond donors (Lipinski definition) is 1. The SMILES string of the molecule is Cc1ccc(-n2nnnc2N[C@H]2CCc3c(Cl)cccc32)cc1. The lowest BCUT2D eigenvalue weighted by molar-refractivity contribution is 0.737. The van der Waals surface area contributed by atoms with E-state index in [0.29, 0.717) is 5.95 Å². The van der Waals surface area contributed by atoms with Crippen LogP contribution in [-0.4, -0.2) is 20.2 Å². The standard InChI is InChI=1S/C17H16ClN5/c1-11-5-7-12(8-6-11)23-17(20-21-22-23)19-16-10-9-13-14(16)3-2-4-15(13)18/h2-8,16H,9-10H2,1H3,(H,19,20,22)/t16-/m0/s1. The summed E-state index contributed by atoms with van der Waals surface area (Å²) >= 11 is 6.29. The van der Waals surface area contributed by atoms with Crippen LogP contribution in [0.1, 0.15) is 29.2 Å². The predicted octanol–water partition coefficient (Wildman–Crippen LogP) is 3.72. The Balaban J connectivity index is 1.64. The van der Waals surface area contributed by atoms with E-state index in [1.807, 2.05) is 36.4 Å². The van der Waals surface area contributed by atoms with Gasteiger partial charge >= 0.3 is 0 Å². The van der Waals surface area contributed by atoms with Gasteiger partial charge in [0.2, 0.25) is 5.95 Å². The largest absolute Gasteiger partial charge is 0.346 e. The van der Waals surface area contributed by atoms with Gasteiger partial charge in [-0.2, -0.15) is 4.68 Å². The molecule has 2 aromatic carbocycles. The predicted molar refractivity (Wildman–Crippen MR) is 90.0 cm³/mol. The van der Waals surface area contributed by atoms with Gasteiger partial charge in [-0.1, -0.05) is 46.5 Å². The first-order chi connectivity index (χ1) is 11.2. The van der Waals surface area contributed by atoms with Crippen LogP contribution in [0, 0.1) is 6.92 Å². The molecule has 0 spiro atoms. The van der Waals surface area contributed by atoms with Crippen LogP contribution in [0.15, 0.2) is 42.5 Å². The lowest BCUT2D eigenvalue weighted by atomic mass is 10.1. The number of hydrogen-bond acceptors (Lipinski definition) is 4. The minimum atomic E-state index is 0.180. The molecule has 0 saturated carbocycles. The second-order valence-electron chi connectivity index (χ2n) is 5.79. The molecule has 1 heterocycles. The van der Waals surface area contributed by atoms with Crippen LogP contribution in [0.3, 0.4) is 0 Å². The Kier molecular flexibility index (Phi) is 3.50. The third-order valence-electron chi connectivity index (χ3n) is 4.26. The molecule has 0 fully saturated rings. The lowest BCUT2D eigenvalue weighted by Gasteiger charge is -2.15. The fourth-order valence-corrected chi connectivity index (χ4v) is 3.33. The van der Waals surface area contributed by atoms with Crippen molar-refractivity contribution < 1.29 is 0 Å². The molecule has 1 aliphatic rings. The van der Waals surface area contributed by atoms with Crippen LogP contribution in [0.4, 0.5) is 5.95 Å². The van der Waals surface area contributed by atoms with Crippen molar-refractivity contribution in [2.45, 2.75) is 25.8 Å². The highest BCUT2D eigenvalue weighted by Gasteiger charge is 2.25. The van der Waals surface area contributed by atoms with Gasteiger partial charge in [-0.15, -0.1) is 0 Å². The molecule has 3 aromatic rings. The Bertz CT molecular complexity index is 840. The summed E-state index contributed by atoms with van der Waals surface area (Å²) in [6.07, 6.45) is 1.96. The molecule has 23 heavy (non-hydrogen) atoms. The molecule has 0 amide bonds. The van der Waals surface area contributed by atoms with Crippen molar-refractivity contribution in [3.63, 3.8) is 0 Å². The summed E-state index contributed by atoms with van der Waals surface area (Å²) in [4.78, 5) is 0. The molecule has 4 rings (SSSR count). The average Bonchev–Trinajstić information content (AvgIpc) is 3.17. The van der Waals surface area contributed by atoms with E-state index in [-0.39, 0.29) is 6.04 Å². The third kappa shape index (κ3) is 2.57. The van der Waals surface area contributed by atoms with Crippen LogP contribution in [0.5, 0.6) is 0 Å². The van der Waals surface area contributed by atoms with Crippen LogP contribution >= 0.6 is 11.6 Å². The monoisotopic (exact) mass is 325 g/mol. The van der Waals surface area contributed by atoms with E-state index in [1.54, 1.807) is 4.68 Å². The maximum absolute atomic E-state index is 6.29. The summed E-state index contributed by atoms with van der Waals surface area (Å²) < 4.78 is 1.72. The van der Waals surface area contributed by atoms with Gasteiger partial charge in [0.1, 0.15) is 0 Å². The molecule has 1 aromatic heterocycles. The zero-order valence-electron chi connectivity index (χ0n) is 12.7. The summed E-state index contributed by atoms with van der Waals surface area (Å²) in [5.74, 6) is 0.645. The molecule has 0 saturated heterocycles. The molecule has 1 atom stereocenters. The number of aryl methyl sites for hydroxylation is 1. The lowest BCUT2D eigenvalue weighted by Crippen LogP contribution is -2.12. The summed E-state index contributed by atoms with van der Waals surface area (Å²) in [5, 5.41) is 16.3. The van der Waals surface area contributed by atoms with Crippen LogP contribution in [0.2, 0.25) is 5.02 Å². The zero-order chi connectivity index (χ0) is 15.8. The molecule has 0 unspecified atom stereocenters. The quantitative estimate of drug-likeness (QED) is 0.797. The van der Waals surface area contributed by atoms with Crippen molar-refractivity contribution in [1.29, 1.82) is 0 Å². The van der Waals surface area contributed by atoms with Gasteiger partial charge in [0, 0.05) is 5.02 Å². The van der Waals surface area contributed by atoms with Gasteiger partial charge in [0.25, 0.3) is 0 Å². The van der Waals surface area contributed by atoms with Gasteiger partial charge in [-0.05, 0) is 59.5 Å². The van der Waals surface area contributed by atoms with E-state index < -0.39 is 0 Å². The number of tetrazole rings is 1. The Hall–Kier alpha value is -2.40. The van der Waals surface area contributed by atoms with E-state index in [0.717, 1.165) is 23.6 Å². The van der Waals surface area contributed by atoms with Crippen molar-refractivity contribution in [3.8, 4) is 5.69 Å². The normalized spacial score (nSPS) is 16.3. The first kappa shape index (κ1) is 14.2. The van der Waals surface area contributed by atoms with Crippen LogP contribution < -0.4 is 5.32 Å². The van der Waals surface area contributed by atoms with E-state index in [2.05, 4.69) is 33.8 Å². The molecule has 1 aliphatic carbocycles. The minimum absolute atomic E-state index is 0.180. The highest BCUT2D eigenvalue weighted by molar-refractivity contribution is 6.31. The first-order valence-corrected chi connectivity index (χ1v) is 7.99. The molecule has 0 aliphatic heterocycles. The van der Waals surface area contributed by atoms with Crippen molar-refractivity contribution in [1.82, 2.24) is 20.2 Å². The Morgan fingerprint density at radius 3 is 2.83 bits per heavy atom. The topological polar surface area (TPSA) is 55.6 Å². The van der Waals surface area contributed by atoms with E-state index in [1.165, 1.54) is 16.7 Å². The fraction of sp³-hybridized carbons (Fsp3) is 0.235. The number of nitrogens with one attached hydrogen (secondary N) is 1. The van der Waals surface area contributed by atoms with Crippen molar-refractivity contribution in [3.05, 3.63) is 64.2 Å². The Morgan fingerprint density at radius 1 is 1.17 bits per heavy atom. The van der Waals surface area contributed by atoms with E-state index >= 15 is 0 Å². The second-order valence-corrected chi connectivity index (χ2v) is 6.20. The molecular formula is C17H16ClN5. The maximum atomic E-state index is 6.29. The van der Waals surface area contributed by atoms with Gasteiger partial charge in [-0.3, -0.25) is 0 Å². The smallest absolute Gasteiger partial charge is 0.248 e. The summed E-state index contributed by atoms with van der Waals surface area (Å²) in [7, 11) is 0. The number of nitrogens with zero attached hydrogens (tertiary/aromatic N) is 4. The fourth-order valence-electron chi connectivity index (χ4n) is 3.05. The van der Waals surface area contributed by atoms with Gasteiger partial charge in [0.15, 0.2) is 0 Å². The summed E-state index contributed by atoms with van der Waals surface area (Å²) in [6, 6.07) is 14.3. The summed E-state index contributed by atoms with van der Waals surface area (Å²) in [6.45, 7) is 2.06. The van der Waals surface area contributed by atoms with Crippen molar-refractivity contribution >= 4 is 17.5 Å². The highest BCUT2D eigenvalue weighted by atomic mass is 35.5. The maximum Gasteiger partial charge on any atom is 0.248 e. The first-order valence-electron chi connectivity index (χ1n) is 7.61. The van der Waals surface area contributed by atoms with E-state index in [4.69, 9.17) is 11.6 Å².